The van der Waals surface area contributed by atoms with Gasteiger partial charge in [-0.2, -0.15) is 0 Å². The van der Waals surface area contributed by atoms with Gasteiger partial charge < -0.3 is 10.8 Å². The van der Waals surface area contributed by atoms with E-state index in [4.69, 9.17) is 10.8 Å². The Morgan fingerprint density at radius 3 is 2.80 bits per heavy atom. The Labute approximate surface area is 56.5 Å². The Morgan fingerprint density at radius 1 is 1.70 bits per heavy atom. The minimum atomic E-state index is -0.764. The molecule has 52 valence electrons. The summed E-state index contributed by atoms with van der Waals surface area (Å²) in [5.74, 6) is -1.06. The van der Waals surface area contributed by atoms with Crippen molar-refractivity contribution in [1.82, 2.24) is 9.97 Å². The zero-order valence-electron chi connectivity index (χ0n) is 4.98. The molecule has 0 atom stereocenters. The Hall–Kier alpha value is -1.65. The monoisotopic (exact) mass is 139 g/mol. The van der Waals surface area contributed by atoms with Gasteiger partial charge in [0.2, 0.25) is 0 Å². The first-order valence-electron chi connectivity index (χ1n) is 2.50. The number of amides is 1. The largest absolute Gasteiger partial charge is 0.504 e. The van der Waals surface area contributed by atoms with Gasteiger partial charge in [0.25, 0.3) is 5.91 Å². The van der Waals surface area contributed by atoms with Crippen molar-refractivity contribution in [2.24, 2.45) is 5.73 Å². The molecule has 1 aromatic heterocycles. The van der Waals surface area contributed by atoms with Crippen molar-refractivity contribution in [3.05, 3.63) is 18.2 Å². The predicted molar refractivity (Wildman–Crippen MR) is 32.2 cm³/mol. The normalized spacial score (nSPS) is 9.20. The van der Waals surface area contributed by atoms with Crippen LogP contribution in [0.5, 0.6) is 5.75 Å². The highest BCUT2D eigenvalue weighted by Gasteiger charge is 2.06. The molecule has 0 unspecified atom stereocenters. The molecule has 1 heterocycles. The summed E-state index contributed by atoms with van der Waals surface area (Å²) < 4.78 is 0. The lowest BCUT2D eigenvalue weighted by molar-refractivity contribution is 0.0992. The van der Waals surface area contributed by atoms with Crippen LogP contribution in [0, 0.1) is 0 Å². The molecule has 0 saturated heterocycles. The van der Waals surface area contributed by atoms with Crippen LogP contribution in [0.3, 0.4) is 0 Å². The Bertz CT molecular complexity index is 261. The van der Waals surface area contributed by atoms with E-state index in [1.807, 2.05) is 0 Å². The first kappa shape index (κ1) is 6.47. The molecular formula is C5H5N3O2. The molecule has 0 radical (unpaired) electrons. The lowest BCUT2D eigenvalue weighted by Gasteiger charge is -1.94. The summed E-state index contributed by atoms with van der Waals surface area (Å²) in [6, 6.07) is 0. The number of primary amides is 1. The predicted octanol–water partition coefficient (Wildman–Crippen LogP) is -0.719. The molecule has 0 aromatic carbocycles. The van der Waals surface area contributed by atoms with Crippen LogP contribution in [-0.4, -0.2) is 21.0 Å². The highest BCUT2D eigenvalue weighted by molar-refractivity contribution is 5.93. The van der Waals surface area contributed by atoms with Crippen molar-refractivity contribution < 1.29 is 9.90 Å². The molecule has 3 N–H and O–H groups in total. The first-order chi connectivity index (χ1) is 4.72. The summed E-state index contributed by atoms with van der Waals surface area (Å²) in [6.45, 7) is 0. The number of carbonyl (C=O) groups is 1. The summed E-state index contributed by atoms with van der Waals surface area (Å²) in [4.78, 5) is 17.3. The molecule has 0 aliphatic heterocycles. The Morgan fingerprint density at radius 2 is 2.40 bits per heavy atom. The van der Waals surface area contributed by atoms with Crippen molar-refractivity contribution in [2.75, 3.05) is 0 Å². The average molecular weight is 139 g/mol. The fraction of sp³-hybridized carbons (Fsp3) is 0. The van der Waals surface area contributed by atoms with Gasteiger partial charge in [0.15, 0.2) is 11.4 Å². The Kier molecular flexibility index (Phi) is 1.49. The minimum absolute atomic E-state index is 0.157. The van der Waals surface area contributed by atoms with Gasteiger partial charge in [0.05, 0.1) is 6.20 Å². The van der Waals surface area contributed by atoms with Gasteiger partial charge >= 0.3 is 0 Å². The third kappa shape index (κ3) is 1.02. The number of hydrogen-bond donors (Lipinski definition) is 2. The third-order valence-corrected chi connectivity index (χ3v) is 0.926. The van der Waals surface area contributed by atoms with Crippen LogP contribution < -0.4 is 5.73 Å². The topological polar surface area (TPSA) is 89.1 Å². The van der Waals surface area contributed by atoms with Gasteiger partial charge in [-0.1, -0.05) is 0 Å². The van der Waals surface area contributed by atoms with Crippen molar-refractivity contribution >= 4 is 5.91 Å². The second-order valence-corrected chi connectivity index (χ2v) is 1.62. The molecule has 1 aromatic rings. The van der Waals surface area contributed by atoms with Gasteiger partial charge in [0.1, 0.15) is 6.33 Å². The second kappa shape index (κ2) is 2.30. The average Bonchev–Trinajstić information content (AvgIpc) is 1.88. The van der Waals surface area contributed by atoms with E-state index in [1.165, 1.54) is 0 Å². The van der Waals surface area contributed by atoms with E-state index < -0.39 is 5.91 Å². The van der Waals surface area contributed by atoms with Crippen molar-refractivity contribution in [3.8, 4) is 5.75 Å². The van der Waals surface area contributed by atoms with Crippen LogP contribution in [0.2, 0.25) is 0 Å². The molecule has 5 heteroatoms. The summed E-state index contributed by atoms with van der Waals surface area (Å²) >= 11 is 0. The molecule has 1 amide bonds. The molecule has 0 fully saturated rings. The lowest BCUT2D eigenvalue weighted by atomic mass is 10.4. The standard InChI is InChI=1S/C5H5N3O2/c6-5(10)4-3(9)1-7-2-8-4/h1-2,9H,(H2,6,10). The van der Waals surface area contributed by atoms with Crippen LogP contribution in [0.15, 0.2) is 12.5 Å². The zero-order chi connectivity index (χ0) is 7.56. The van der Waals surface area contributed by atoms with E-state index in [0.29, 0.717) is 0 Å². The summed E-state index contributed by atoms with van der Waals surface area (Å²) in [6.07, 6.45) is 2.24. The van der Waals surface area contributed by atoms with E-state index in [2.05, 4.69) is 9.97 Å². The molecule has 5 nitrogen and oxygen atoms in total. The van der Waals surface area contributed by atoms with E-state index in [1.54, 1.807) is 0 Å². The second-order valence-electron chi connectivity index (χ2n) is 1.62. The molecule has 1 rings (SSSR count). The van der Waals surface area contributed by atoms with Crippen molar-refractivity contribution in [3.63, 3.8) is 0 Å². The number of rotatable bonds is 1. The first-order valence-corrected chi connectivity index (χ1v) is 2.50. The highest BCUT2D eigenvalue weighted by atomic mass is 16.3. The molecule has 0 aliphatic rings. The maximum Gasteiger partial charge on any atom is 0.271 e. The molecule has 10 heavy (non-hydrogen) atoms. The highest BCUT2D eigenvalue weighted by Crippen LogP contribution is 2.08. The molecule has 0 aliphatic carbocycles. The van der Waals surface area contributed by atoms with Crippen LogP contribution in [0.25, 0.3) is 0 Å². The van der Waals surface area contributed by atoms with Crippen LogP contribution in [-0.2, 0) is 0 Å². The summed E-state index contributed by atoms with van der Waals surface area (Å²) in [5.41, 5.74) is 4.67. The number of carbonyl (C=O) groups excluding carboxylic acids is 1. The lowest BCUT2D eigenvalue weighted by Crippen LogP contribution is -2.13. The third-order valence-electron chi connectivity index (χ3n) is 0.926. The smallest absolute Gasteiger partial charge is 0.271 e. The quantitative estimate of drug-likeness (QED) is 0.537. The summed E-state index contributed by atoms with van der Waals surface area (Å²) in [7, 11) is 0. The van der Waals surface area contributed by atoms with Crippen molar-refractivity contribution in [1.29, 1.82) is 0 Å². The van der Waals surface area contributed by atoms with Gasteiger partial charge in [0, 0.05) is 0 Å². The van der Waals surface area contributed by atoms with Gasteiger partial charge in [-0.25, -0.2) is 9.97 Å². The fourth-order valence-corrected chi connectivity index (χ4v) is 0.512. The molecule has 0 bridgehead atoms. The van der Waals surface area contributed by atoms with E-state index in [9.17, 15) is 4.79 Å². The minimum Gasteiger partial charge on any atom is -0.504 e. The summed E-state index contributed by atoms with van der Waals surface area (Å²) in [5, 5.41) is 8.86. The zero-order valence-corrected chi connectivity index (χ0v) is 4.98. The van der Waals surface area contributed by atoms with E-state index in [-0.39, 0.29) is 11.4 Å². The van der Waals surface area contributed by atoms with Gasteiger partial charge in [-0.3, -0.25) is 4.79 Å². The molecule has 0 spiro atoms. The van der Waals surface area contributed by atoms with Crippen LogP contribution in [0.4, 0.5) is 0 Å². The SMILES string of the molecule is NC(=O)c1ncncc1O. The van der Waals surface area contributed by atoms with E-state index >= 15 is 0 Å². The fourth-order valence-electron chi connectivity index (χ4n) is 0.512. The van der Waals surface area contributed by atoms with Crippen molar-refractivity contribution in [2.45, 2.75) is 0 Å². The Balaban J connectivity index is 3.15. The maximum atomic E-state index is 10.4. The number of nitrogens with zero attached hydrogens (tertiary/aromatic N) is 2. The van der Waals surface area contributed by atoms with Crippen LogP contribution >= 0.6 is 0 Å². The number of aromatic nitrogens is 2. The van der Waals surface area contributed by atoms with Gasteiger partial charge in [-0.15, -0.1) is 0 Å². The maximum absolute atomic E-state index is 10.4. The number of nitrogens with two attached hydrogens (primary N) is 1. The number of aromatic hydroxyl groups is 1. The van der Waals surface area contributed by atoms with E-state index in [0.717, 1.165) is 12.5 Å². The molecular weight excluding hydrogens is 134 g/mol. The van der Waals surface area contributed by atoms with Crippen LogP contribution in [0.1, 0.15) is 10.5 Å². The van der Waals surface area contributed by atoms with Gasteiger partial charge in [-0.05, 0) is 0 Å². The molecule has 0 saturated carbocycles. The number of hydrogen-bond acceptors (Lipinski definition) is 4.